The molecule has 4 N–H and O–H groups in total. The maximum atomic E-state index is 12.5. The number of nitrogens with one attached hydrogen (secondary N) is 4. The van der Waals surface area contributed by atoms with Gasteiger partial charge in [0.15, 0.2) is 0 Å². The van der Waals surface area contributed by atoms with Crippen LogP contribution < -0.4 is 26.2 Å². The van der Waals surface area contributed by atoms with E-state index in [0.717, 1.165) is 44.2 Å². The van der Waals surface area contributed by atoms with Crippen LogP contribution >= 0.6 is 0 Å². The average molecular weight is 424 g/mol. The summed E-state index contributed by atoms with van der Waals surface area (Å²) in [6, 6.07) is 9.73. The summed E-state index contributed by atoms with van der Waals surface area (Å²) >= 11 is 0. The first-order valence-electron chi connectivity index (χ1n) is 11.4. The fourth-order valence-electron chi connectivity index (χ4n) is 4.15. The largest absolute Gasteiger partial charge is 0.372 e. The van der Waals surface area contributed by atoms with Gasteiger partial charge < -0.3 is 26.2 Å². The van der Waals surface area contributed by atoms with Crippen molar-refractivity contribution in [3.05, 3.63) is 42.1 Å². The molecule has 2 aliphatic heterocycles. The van der Waals surface area contributed by atoms with Crippen molar-refractivity contribution in [3.63, 3.8) is 0 Å². The molecule has 0 radical (unpaired) electrons. The molecule has 1 aromatic carbocycles. The predicted molar refractivity (Wildman–Crippen MR) is 125 cm³/mol. The molecule has 0 aliphatic carbocycles. The van der Waals surface area contributed by atoms with E-state index in [1.165, 1.54) is 25.7 Å². The lowest BCUT2D eigenvalue weighted by atomic mass is 9.98. The van der Waals surface area contributed by atoms with E-state index in [4.69, 9.17) is 0 Å². The number of rotatable bonds is 9. The fraction of sp³-hybridized carbons (Fsp3) is 0.522. The van der Waals surface area contributed by atoms with Crippen molar-refractivity contribution in [2.24, 2.45) is 5.92 Å². The highest BCUT2D eigenvalue weighted by Gasteiger charge is 2.14. The molecule has 0 saturated carbocycles. The SMILES string of the molecule is O=C(NCCNc1ccnc(NCC2CCNCC2)n1)c1cccc(N2CCCC2)c1. The van der Waals surface area contributed by atoms with E-state index in [2.05, 4.69) is 42.2 Å². The quantitative estimate of drug-likeness (QED) is 0.460. The van der Waals surface area contributed by atoms with E-state index in [1.54, 1.807) is 6.20 Å². The van der Waals surface area contributed by atoms with Crippen LogP contribution in [0.25, 0.3) is 0 Å². The van der Waals surface area contributed by atoms with Crippen LogP contribution in [0.2, 0.25) is 0 Å². The lowest BCUT2D eigenvalue weighted by Gasteiger charge is -2.22. The number of carbonyl (C=O) groups is 1. The highest BCUT2D eigenvalue weighted by Crippen LogP contribution is 2.21. The summed E-state index contributed by atoms with van der Waals surface area (Å²) in [5.41, 5.74) is 1.84. The standard InChI is InChI=1S/C23H33N7O/c31-22(19-4-3-5-20(16-19)30-14-1-2-15-30)26-13-12-25-21-8-11-27-23(29-21)28-17-18-6-9-24-10-7-18/h3-5,8,11,16,18,24H,1-2,6-7,9-10,12-15,17H2,(H,26,31)(H2,25,27,28,29). The Labute approximate surface area is 184 Å². The number of hydrogen-bond acceptors (Lipinski definition) is 7. The zero-order valence-corrected chi connectivity index (χ0v) is 18.1. The van der Waals surface area contributed by atoms with Crippen LogP contribution in [-0.2, 0) is 0 Å². The maximum Gasteiger partial charge on any atom is 0.251 e. The minimum Gasteiger partial charge on any atom is -0.372 e. The lowest BCUT2D eigenvalue weighted by Crippen LogP contribution is -2.31. The first kappa shape index (κ1) is 21.4. The Morgan fingerprint density at radius 1 is 1.10 bits per heavy atom. The van der Waals surface area contributed by atoms with Crippen LogP contribution in [0.4, 0.5) is 17.5 Å². The van der Waals surface area contributed by atoms with Crippen LogP contribution in [-0.4, -0.2) is 61.7 Å². The Morgan fingerprint density at radius 3 is 2.77 bits per heavy atom. The highest BCUT2D eigenvalue weighted by molar-refractivity contribution is 5.95. The monoisotopic (exact) mass is 423 g/mol. The first-order valence-corrected chi connectivity index (χ1v) is 11.4. The molecule has 1 amide bonds. The average Bonchev–Trinajstić information content (AvgIpc) is 3.37. The molecular formula is C23H33N7O. The number of hydrogen-bond donors (Lipinski definition) is 4. The molecule has 4 rings (SSSR count). The highest BCUT2D eigenvalue weighted by atomic mass is 16.1. The summed E-state index contributed by atoms with van der Waals surface area (Å²) in [6.45, 7) is 6.34. The number of nitrogens with zero attached hydrogens (tertiary/aromatic N) is 3. The second kappa shape index (κ2) is 10.9. The summed E-state index contributed by atoms with van der Waals surface area (Å²) in [5.74, 6) is 2.02. The van der Waals surface area contributed by atoms with E-state index in [0.29, 0.717) is 30.5 Å². The molecule has 8 heteroatoms. The third-order valence-corrected chi connectivity index (χ3v) is 5.96. The second-order valence-electron chi connectivity index (χ2n) is 8.27. The van der Waals surface area contributed by atoms with Crippen molar-refractivity contribution in [2.45, 2.75) is 25.7 Å². The topological polar surface area (TPSA) is 94.2 Å². The smallest absolute Gasteiger partial charge is 0.251 e. The zero-order valence-electron chi connectivity index (χ0n) is 18.1. The molecule has 2 saturated heterocycles. The Balaban J connectivity index is 1.20. The third kappa shape index (κ3) is 6.30. The van der Waals surface area contributed by atoms with E-state index in [9.17, 15) is 4.79 Å². The zero-order chi connectivity index (χ0) is 21.3. The molecule has 31 heavy (non-hydrogen) atoms. The molecule has 1 aromatic heterocycles. The molecule has 0 bridgehead atoms. The molecular weight excluding hydrogens is 390 g/mol. The molecule has 2 aliphatic rings. The molecule has 3 heterocycles. The molecule has 0 atom stereocenters. The Hall–Kier alpha value is -2.87. The van der Waals surface area contributed by atoms with Gasteiger partial charge in [-0.1, -0.05) is 6.07 Å². The van der Waals surface area contributed by atoms with E-state index in [-0.39, 0.29) is 5.91 Å². The van der Waals surface area contributed by atoms with Crippen molar-refractivity contribution < 1.29 is 4.79 Å². The van der Waals surface area contributed by atoms with Gasteiger partial charge in [-0.15, -0.1) is 0 Å². The van der Waals surface area contributed by atoms with Gasteiger partial charge >= 0.3 is 0 Å². The van der Waals surface area contributed by atoms with Gasteiger partial charge in [0.2, 0.25) is 5.95 Å². The summed E-state index contributed by atoms with van der Waals surface area (Å²) in [6.07, 6.45) is 6.57. The molecule has 166 valence electrons. The normalized spacial score (nSPS) is 16.8. The number of benzene rings is 1. The van der Waals surface area contributed by atoms with Gasteiger partial charge in [-0.25, -0.2) is 4.98 Å². The van der Waals surface area contributed by atoms with Crippen molar-refractivity contribution in [3.8, 4) is 0 Å². The van der Waals surface area contributed by atoms with Gasteiger partial charge in [0.1, 0.15) is 5.82 Å². The molecule has 2 aromatic rings. The van der Waals surface area contributed by atoms with Gasteiger partial charge in [0, 0.05) is 50.2 Å². The Bertz CT molecular complexity index is 847. The van der Waals surface area contributed by atoms with Gasteiger partial charge in [0.25, 0.3) is 5.91 Å². The van der Waals surface area contributed by atoms with Gasteiger partial charge in [-0.2, -0.15) is 4.98 Å². The molecule has 0 spiro atoms. The van der Waals surface area contributed by atoms with Crippen molar-refractivity contribution in [1.82, 2.24) is 20.6 Å². The van der Waals surface area contributed by atoms with Crippen LogP contribution in [0.15, 0.2) is 36.5 Å². The number of carbonyl (C=O) groups excluding carboxylic acids is 1. The number of amides is 1. The fourth-order valence-corrected chi connectivity index (χ4v) is 4.15. The van der Waals surface area contributed by atoms with E-state index in [1.807, 2.05) is 24.3 Å². The number of aromatic nitrogens is 2. The summed E-state index contributed by atoms with van der Waals surface area (Å²) in [7, 11) is 0. The van der Waals surface area contributed by atoms with Crippen LogP contribution in [0.1, 0.15) is 36.0 Å². The summed E-state index contributed by atoms with van der Waals surface area (Å²) < 4.78 is 0. The molecule has 8 nitrogen and oxygen atoms in total. The summed E-state index contributed by atoms with van der Waals surface area (Å²) in [5, 5.41) is 13.0. The lowest BCUT2D eigenvalue weighted by molar-refractivity contribution is 0.0955. The van der Waals surface area contributed by atoms with Gasteiger partial charge in [0.05, 0.1) is 0 Å². The summed E-state index contributed by atoms with van der Waals surface area (Å²) in [4.78, 5) is 23.7. The van der Waals surface area contributed by atoms with Gasteiger partial charge in [-0.3, -0.25) is 4.79 Å². The number of anilines is 3. The van der Waals surface area contributed by atoms with E-state index >= 15 is 0 Å². The van der Waals surface area contributed by atoms with Crippen LogP contribution in [0.3, 0.4) is 0 Å². The van der Waals surface area contributed by atoms with Gasteiger partial charge in [-0.05, 0) is 69.0 Å². The minimum atomic E-state index is -0.0464. The van der Waals surface area contributed by atoms with Crippen LogP contribution in [0.5, 0.6) is 0 Å². The van der Waals surface area contributed by atoms with Crippen molar-refractivity contribution in [2.75, 3.05) is 61.3 Å². The van der Waals surface area contributed by atoms with Crippen molar-refractivity contribution >= 4 is 23.4 Å². The predicted octanol–water partition coefficient (Wildman–Crippen LogP) is 2.33. The number of piperidine rings is 1. The third-order valence-electron chi connectivity index (χ3n) is 5.96. The first-order chi connectivity index (χ1) is 15.3. The Kier molecular flexibility index (Phi) is 7.55. The Morgan fingerprint density at radius 2 is 1.94 bits per heavy atom. The van der Waals surface area contributed by atoms with Crippen molar-refractivity contribution in [1.29, 1.82) is 0 Å². The maximum absolute atomic E-state index is 12.5. The van der Waals surface area contributed by atoms with Crippen LogP contribution in [0, 0.1) is 5.92 Å². The minimum absolute atomic E-state index is 0.0464. The van der Waals surface area contributed by atoms with E-state index < -0.39 is 0 Å². The molecule has 0 unspecified atom stereocenters. The second-order valence-corrected chi connectivity index (χ2v) is 8.27. The molecule has 2 fully saturated rings.